The summed E-state index contributed by atoms with van der Waals surface area (Å²) >= 11 is 0. The number of nitrogens with zero attached hydrogens (tertiary/aromatic N) is 1. The van der Waals surface area contributed by atoms with Crippen LogP contribution in [-0.4, -0.2) is 28.9 Å². The molecule has 0 saturated heterocycles. The monoisotopic (exact) mass is 253 g/mol. The summed E-state index contributed by atoms with van der Waals surface area (Å²) in [4.78, 5) is 23.6. The number of carbonyl (C=O) groups is 2. The molecule has 1 rings (SSSR count). The fourth-order valence-electron chi connectivity index (χ4n) is 1.59. The van der Waals surface area contributed by atoms with Crippen molar-refractivity contribution in [1.82, 2.24) is 4.90 Å². The minimum Gasteiger partial charge on any atom is -0.481 e. The van der Waals surface area contributed by atoms with Crippen molar-refractivity contribution < 1.29 is 19.1 Å². The molecular weight excluding hydrogens is 237 g/mol. The molecule has 0 spiro atoms. The van der Waals surface area contributed by atoms with Gasteiger partial charge in [0.25, 0.3) is 0 Å². The Bertz CT molecular complexity index is 473. The highest BCUT2D eigenvalue weighted by molar-refractivity contribution is 5.96. The van der Waals surface area contributed by atoms with E-state index in [-0.39, 0.29) is 6.54 Å². The zero-order chi connectivity index (χ0) is 13.9. The van der Waals surface area contributed by atoms with Gasteiger partial charge in [-0.15, -0.1) is 0 Å². The van der Waals surface area contributed by atoms with E-state index in [4.69, 9.17) is 5.11 Å². The summed E-state index contributed by atoms with van der Waals surface area (Å²) in [6, 6.07) is 4.62. The van der Waals surface area contributed by atoms with Crippen LogP contribution in [0.5, 0.6) is 0 Å². The summed E-state index contributed by atoms with van der Waals surface area (Å²) in [6.45, 7) is 3.20. The second-order valence-electron chi connectivity index (χ2n) is 4.35. The molecule has 5 heteroatoms. The van der Waals surface area contributed by atoms with E-state index in [1.807, 2.05) is 6.92 Å². The van der Waals surface area contributed by atoms with Gasteiger partial charge in [0.1, 0.15) is 11.7 Å². The number of aliphatic carboxylic acids is 1. The van der Waals surface area contributed by atoms with E-state index in [0.717, 1.165) is 5.56 Å². The molecule has 0 aliphatic carbocycles. The molecule has 1 aromatic carbocycles. The number of aryl methyl sites for hydroxylation is 1. The van der Waals surface area contributed by atoms with Gasteiger partial charge in [-0.1, -0.05) is 17.7 Å². The van der Waals surface area contributed by atoms with Gasteiger partial charge in [-0.2, -0.15) is 0 Å². The molecule has 1 amide bonds. The van der Waals surface area contributed by atoms with Crippen LogP contribution in [0.2, 0.25) is 0 Å². The van der Waals surface area contributed by atoms with Crippen LogP contribution < -0.4 is 0 Å². The van der Waals surface area contributed by atoms with Crippen molar-refractivity contribution in [3.05, 3.63) is 35.1 Å². The van der Waals surface area contributed by atoms with Gasteiger partial charge in [0.2, 0.25) is 5.91 Å². The molecule has 4 nitrogen and oxygen atoms in total. The second-order valence-corrected chi connectivity index (χ2v) is 4.35. The predicted molar refractivity (Wildman–Crippen MR) is 64.4 cm³/mol. The molecule has 0 aromatic heterocycles. The fourth-order valence-corrected chi connectivity index (χ4v) is 1.59. The van der Waals surface area contributed by atoms with Gasteiger partial charge in [-0.05, 0) is 19.9 Å². The molecule has 0 aliphatic heterocycles. The Hall–Kier alpha value is -1.91. The van der Waals surface area contributed by atoms with Gasteiger partial charge in [0.05, 0.1) is 0 Å². The number of hydrogen-bond acceptors (Lipinski definition) is 2. The standard InChI is InChI=1S/C13H16FNO3/c1-8-4-5-11(14)10(6-8)7-15(3)12(16)9(2)13(17)18/h4-6,9H,7H2,1-3H3,(H,17,18). The van der Waals surface area contributed by atoms with Gasteiger partial charge < -0.3 is 10.0 Å². The van der Waals surface area contributed by atoms with Gasteiger partial charge >= 0.3 is 5.97 Å². The first-order valence-corrected chi connectivity index (χ1v) is 5.55. The minimum absolute atomic E-state index is 0.0595. The minimum atomic E-state index is -1.18. The normalized spacial score (nSPS) is 12.0. The highest BCUT2D eigenvalue weighted by Crippen LogP contribution is 2.13. The third-order valence-electron chi connectivity index (χ3n) is 2.73. The van der Waals surface area contributed by atoms with Gasteiger partial charge in [-0.25, -0.2) is 4.39 Å². The molecule has 1 atom stereocenters. The van der Waals surface area contributed by atoms with Crippen molar-refractivity contribution in [3.63, 3.8) is 0 Å². The number of benzene rings is 1. The van der Waals surface area contributed by atoms with Crippen molar-refractivity contribution >= 4 is 11.9 Å². The van der Waals surface area contributed by atoms with E-state index < -0.39 is 23.6 Å². The summed E-state index contributed by atoms with van der Waals surface area (Å²) < 4.78 is 13.5. The van der Waals surface area contributed by atoms with Crippen LogP contribution in [0.3, 0.4) is 0 Å². The molecule has 18 heavy (non-hydrogen) atoms. The van der Waals surface area contributed by atoms with Crippen LogP contribution in [0.15, 0.2) is 18.2 Å². The van der Waals surface area contributed by atoms with E-state index >= 15 is 0 Å². The van der Waals surface area contributed by atoms with E-state index in [9.17, 15) is 14.0 Å². The van der Waals surface area contributed by atoms with Crippen molar-refractivity contribution in [1.29, 1.82) is 0 Å². The average molecular weight is 253 g/mol. The number of halogens is 1. The largest absolute Gasteiger partial charge is 0.481 e. The summed E-state index contributed by atoms with van der Waals surface area (Å²) in [5.41, 5.74) is 1.27. The Kier molecular flexibility index (Phi) is 4.42. The van der Waals surface area contributed by atoms with Crippen molar-refractivity contribution in [2.75, 3.05) is 7.05 Å². The molecule has 0 heterocycles. The number of carboxylic acids is 1. The molecule has 1 unspecified atom stereocenters. The van der Waals surface area contributed by atoms with Gasteiger partial charge in [0, 0.05) is 19.2 Å². The Morgan fingerprint density at radius 1 is 1.44 bits per heavy atom. The van der Waals surface area contributed by atoms with Crippen molar-refractivity contribution in [2.45, 2.75) is 20.4 Å². The zero-order valence-corrected chi connectivity index (χ0v) is 10.6. The van der Waals surface area contributed by atoms with E-state index in [0.29, 0.717) is 5.56 Å². The lowest BCUT2D eigenvalue weighted by molar-refractivity contribution is -0.149. The summed E-state index contributed by atoms with van der Waals surface area (Å²) in [6.07, 6.45) is 0. The number of carbonyl (C=O) groups excluding carboxylic acids is 1. The van der Waals surface area contributed by atoms with Crippen LogP contribution in [0, 0.1) is 18.7 Å². The number of rotatable bonds is 4. The highest BCUT2D eigenvalue weighted by atomic mass is 19.1. The summed E-state index contributed by atoms with van der Waals surface area (Å²) in [7, 11) is 1.46. The lowest BCUT2D eigenvalue weighted by Crippen LogP contribution is -2.35. The first-order valence-electron chi connectivity index (χ1n) is 5.55. The van der Waals surface area contributed by atoms with Crippen molar-refractivity contribution in [3.8, 4) is 0 Å². The summed E-state index contributed by atoms with van der Waals surface area (Å²) in [5.74, 6) is -3.24. The maximum absolute atomic E-state index is 13.5. The zero-order valence-electron chi connectivity index (χ0n) is 10.6. The first-order chi connectivity index (χ1) is 8.32. The topological polar surface area (TPSA) is 57.6 Å². The lowest BCUT2D eigenvalue weighted by Gasteiger charge is -2.20. The summed E-state index contributed by atoms with van der Waals surface area (Å²) in [5, 5.41) is 8.74. The van der Waals surface area contributed by atoms with Crippen LogP contribution in [0.4, 0.5) is 4.39 Å². The number of hydrogen-bond donors (Lipinski definition) is 1. The quantitative estimate of drug-likeness (QED) is 0.833. The fraction of sp³-hybridized carbons (Fsp3) is 0.385. The number of amides is 1. The van der Waals surface area contributed by atoms with E-state index in [1.54, 1.807) is 12.1 Å². The Labute approximate surface area is 105 Å². The molecule has 0 saturated carbocycles. The molecule has 98 valence electrons. The SMILES string of the molecule is Cc1ccc(F)c(CN(C)C(=O)C(C)C(=O)O)c1. The van der Waals surface area contributed by atoms with Crippen LogP contribution in [0.25, 0.3) is 0 Å². The Morgan fingerprint density at radius 2 is 2.06 bits per heavy atom. The molecule has 1 aromatic rings. The second kappa shape index (κ2) is 5.62. The van der Waals surface area contributed by atoms with Crippen LogP contribution in [-0.2, 0) is 16.1 Å². The Balaban J connectivity index is 2.81. The van der Waals surface area contributed by atoms with E-state index in [2.05, 4.69) is 0 Å². The maximum atomic E-state index is 13.5. The van der Waals surface area contributed by atoms with Crippen molar-refractivity contribution in [2.24, 2.45) is 5.92 Å². The molecule has 0 radical (unpaired) electrons. The molecular formula is C13H16FNO3. The van der Waals surface area contributed by atoms with Crippen LogP contribution >= 0.6 is 0 Å². The van der Waals surface area contributed by atoms with Gasteiger partial charge in [-0.3, -0.25) is 9.59 Å². The highest BCUT2D eigenvalue weighted by Gasteiger charge is 2.24. The molecule has 1 N–H and O–H groups in total. The predicted octanol–water partition coefficient (Wildman–Crippen LogP) is 1.81. The first kappa shape index (κ1) is 14.2. The van der Waals surface area contributed by atoms with Gasteiger partial charge in [0.15, 0.2) is 0 Å². The average Bonchev–Trinajstić information content (AvgIpc) is 2.31. The molecule has 0 fully saturated rings. The van der Waals surface area contributed by atoms with Crippen LogP contribution in [0.1, 0.15) is 18.1 Å². The Morgan fingerprint density at radius 3 is 2.61 bits per heavy atom. The molecule has 0 bridgehead atoms. The third kappa shape index (κ3) is 3.29. The van der Waals surface area contributed by atoms with E-state index in [1.165, 1.54) is 24.9 Å². The lowest BCUT2D eigenvalue weighted by atomic mass is 10.1. The smallest absolute Gasteiger partial charge is 0.315 e. The third-order valence-corrected chi connectivity index (χ3v) is 2.73. The number of carboxylic acid groups (broad SMARTS) is 1. The maximum Gasteiger partial charge on any atom is 0.315 e. The molecule has 0 aliphatic rings.